The number of benzene rings is 1. The molecule has 0 bridgehead atoms. The van der Waals surface area contributed by atoms with Crippen LogP contribution in [0.15, 0.2) is 24.3 Å². The molecule has 0 radical (unpaired) electrons. The van der Waals surface area contributed by atoms with Crippen LogP contribution in [0.1, 0.15) is 24.9 Å². The van der Waals surface area contributed by atoms with Crippen LogP contribution in [0.5, 0.6) is 0 Å². The molecule has 0 spiro atoms. The van der Waals surface area contributed by atoms with Crippen LogP contribution in [-0.4, -0.2) is 36.5 Å². The molecule has 0 aliphatic carbocycles. The van der Waals surface area contributed by atoms with E-state index < -0.39 is 0 Å². The summed E-state index contributed by atoms with van der Waals surface area (Å²) in [6.45, 7) is 2.95. The minimum atomic E-state index is 0.318. The number of hydrogen-bond donors (Lipinski definition) is 1. The third-order valence-corrected chi connectivity index (χ3v) is 4.77. The standard InChI is InChI=1S/C14H23IN2S/c1-11(8-9-18-3)17(2)14(10-16)12-4-6-13(15)7-5-12/h4-7,11,14H,8-10,16H2,1-3H3. The fourth-order valence-electron chi connectivity index (χ4n) is 2.02. The number of rotatable bonds is 7. The van der Waals surface area contributed by atoms with Gasteiger partial charge in [-0.1, -0.05) is 12.1 Å². The highest BCUT2D eigenvalue weighted by Crippen LogP contribution is 2.22. The lowest BCUT2D eigenvalue weighted by atomic mass is 10.0. The van der Waals surface area contributed by atoms with Gasteiger partial charge in [0.05, 0.1) is 0 Å². The Kier molecular flexibility index (Phi) is 7.60. The minimum Gasteiger partial charge on any atom is -0.329 e. The quantitative estimate of drug-likeness (QED) is 0.738. The zero-order valence-corrected chi connectivity index (χ0v) is 14.4. The summed E-state index contributed by atoms with van der Waals surface area (Å²) in [6.07, 6.45) is 3.37. The van der Waals surface area contributed by atoms with Crippen LogP contribution in [0.4, 0.5) is 0 Å². The molecule has 2 unspecified atom stereocenters. The third kappa shape index (κ3) is 4.72. The van der Waals surface area contributed by atoms with Crippen molar-refractivity contribution in [3.63, 3.8) is 0 Å². The largest absolute Gasteiger partial charge is 0.329 e. The van der Waals surface area contributed by atoms with Gasteiger partial charge in [0.1, 0.15) is 0 Å². The maximum atomic E-state index is 5.96. The Hall–Kier alpha value is 0.220. The summed E-state index contributed by atoms with van der Waals surface area (Å²) in [6, 6.07) is 9.57. The van der Waals surface area contributed by atoms with Crippen molar-refractivity contribution in [2.24, 2.45) is 5.73 Å². The predicted molar refractivity (Wildman–Crippen MR) is 91.2 cm³/mol. The number of nitrogens with two attached hydrogens (primary N) is 1. The fraction of sp³-hybridized carbons (Fsp3) is 0.571. The van der Waals surface area contributed by atoms with Gasteiger partial charge in [-0.25, -0.2) is 0 Å². The summed E-state index contributed by atoms with van der Waals surface area (Å²) in [5.41, 5.74) is 7.28. The van der Waals surface area contributed by atoms with Crippen molar-refractivity contribution in [3.05, 3.63) is 33.4 Å². The molecule has 0 aliphatic heterocycles. The highest BCUT2D eigenvalue weighted by molar-refractivity contribution is 14.1. The SMILES string of the molecule is CSCCC(C)N(C)C(CN)c1ccc(I)cc1. The van der Waals surface area contributed by atoms with Crippen LogP contribution in [-0.2, 0) is 0 Å². The van der Waals surface area contributed by atoms with Crippen molar-refractivity contribution >= 4 is 34.4 Å². The maximum absolute atomic E-state index is 5.96. The van der Waals surface area contributed by atoms with Gasteiger partial charge in [0.25, 0.3) is 0 Å². The first-order valence-electron chi connectivity index (χ1n) is 6.26. The average Bonchev–Trinajstić information content (AvgIpc) is 2.38. The molecule has 2 nitrogen and oxygen atoms in total. The van der Waals surface area contributed by atoms with Crippen molar-refractivity contribution in [2.75, 3.05) is 25.6 Å². The minimum absolute atomic E-state index is 0.318. The van der Waals surface area contributed by atoms with E-state index in [0.29, 0.717) is 18.6 Å². The van der Waals surface area contributed by atoms with E-state index in [0.717, 1.165) is 0 Å². The molecule has 0 fully saturated rings. The summed E-state index contributed by atoms with van der Waals surface area (Å²) in [5, 5.41) is 0. The van der Waals surface area contributed by atoms with Gasteiger partial charge in [-0.3, -0.25) is 4.90 Å². The van der Waals surface area contributed by atoms with Crippen molar-refractivity contribution < 1.29 is 0 Å². The zero-order valence-electron chi connectivity index (χ0n) is 11.4. The van der Waals surface area contributed by atoms with Crippen molar-refractivity contribution in [1.82, 2.24) is 4.90 Å². The van der Waals surface area contributed by atoms with Gasteiger partial charge < -0.3 is 5.73 Å². The molecule has 18 heavy (non-hydrogen) atoms. The third-order valence-electron chi connectivity index (χ3n) is 3.40. The van der Waals surface area contributed by atoms with E-state index in [1.165, 1.54) is 21.3 Å². The highest BCUT2D eigenvalue weighted by Gasteiger charge is 2.19. The van der Waals surface area contributed by atoms with Crippen LogP contribution in [0.25, 0.3) is 0 Å². The fourth-order valence-corrected chi connectivity index (χ4v) is 2.96. The molecule has 2 N–H and O–H groups in total. The van der Waals surface area contributed by atoms with Gasteiger partial charge in [-0.15, -0.1) is 0 Å². The molecule has 1 aromatic rings. The van der Waals surface area contributed by atoms with Gasteiger partial charge in [-0.05, 0) is 72.7 Å². The topological polar surface area (TPSA) is 29.3 Å². The van der Waals surface area contributed by atoms with Crippen molar-refractivity contribution in [3.8, 4) is 0 Å². The zero-order chi connectivity index (χ0) is 13.5. The van der Waals surface area contributed by atoms with Gasteiger partial charge in [0, 0.05) is 22.2 Å². The van der Waals surface area contributed by atoms with Gasteiger partial charge in [0.2, 0.25) is 0 Å². The molecule has 0 aromatic heterocycles. The second-order valence-corrected chi connectivity index (χ2v) is 6.83. The first kappa shape index (κ1) is 16.3. The Morgan fingerprint density at radius 3 is 2.44 bits per heavy atom. The molecule has 1 aromatic carbocycles. The molecule has 0 saturated carbocycles. The second kappa shape index (κ2) is 8.40. The Morgan fingerprint density at radius 2 is 1.94 bits per heavy atom. The van der Waals surface area contributed by atoms with E-state index in [1.54, 1.807) is 0 Å². The lowest BCUT2D eigenvalue weighted by Gasteiger charge is -2.32. The molecular weight excluding hydrogens is 355 g/mol. The Morgan fingerprint density at radius 1 is 1.33 bits per heavy atom. The van der Waals surface area contributed by atoms with Crippen LogP contribution < -0.4 is 5.73 Å². The molecule has 4 heteroatoms. The Labute approximate surface area is 129 Å². The molecule has 2 atom stereocenters. The summed E-state index contributed by atoms with van der Waals surface area (Å²) in [7, 11) is 2.18. The molecule has 0 aliphatic rings. The maximum Gasteiger partial charge on any atom is 0.0470 e. The lowest BCUT2D eigenvalue weighted by Crippen LogP contribution is -2.37. The molecule has 0 amide bonds. The number of likely N-dealkylation sites (N-methyl/N-ethyl adjacent to an activating group) is 1. The van der Waals surface area contributed by atoms with Crippen LogP contribution in [0.3, 0.4) is 0 Å². The van der Waals surface area contributed by atoms with Crippen molar-refractivity contribution in [1.29, 1.82) is 0 Å². The smallest absolute Gasteiger partial charge is 0.0470 e. The Bertz CT molecular complexity index is 342. The molecule has 0 saturated heterocycles. The summed E-state index contributed by atoms with van der Waals surface area (Å²) in [4.78, 5) is 2.40. The summed E-state index contributed by atoms with van der Waals surface area (Å²) in [5.74, 6) is 1.20. The van der Waals surface area contributed by atoms with E-state index in [1.807, 2.05) is 11.8 Å². The molecular formula is C14H23IN2S. The van der Waals surface area contributed by atoms with Gasteiger partial charge in [0.15, 0.2) is 0 Å². The summed E-state index contributed by atoms with van der Waals surface area (Å²) < 4.78 is 1.27. The van der Waals surface area contributed by atoms with Gasteiger partial charge >= 0.3 is 0 Å². The number of hydrogen-bond acceptors (Lipinski definition) is 3. The molecule has 1 rings (SSSR count). The van der Waals surface area contributed by atoms with E-state index >= 15 is 0 Å². The highest BCUT2D eigenvalue weighted by atomic mass is 127. The van der Waals surface area contributed by atoms with E-state index in [-0.39, 0.29) is 0 Å². The Balaban J connectivity index is 2.72. The number of nitrogens with zero attached hydrogens (tertiary/aromatic N) is 1. The average molecular weight is 378 g/mol. The van der Waals surface area contributed by atoms with E-state index in [2.05, 4.69) is 72.0 Å². The van der Waals surface area contributed by atoms with Crippen LogP contribution >= 0.6 is 34.4 Å². The van der Waals surface area contributed by atoms with Crippen LogP contribution in [0, 0.1) is 3.57 Å². The number of thioether (sulfide) groups is 1. The van der Waals surface area contributed by atoms with Gasteiger partial charge in [-0.2, -0.15) is 11.8 Å². The first-order chi connectivity index (χ1) is 8.60. The molecule has 102 valence electrons. The van der Waals surface area contributed by atoms with Crippen molar-refractivity contribution in [2.45, 2.75) is 25.4 Å². The number of halogens is 1. The summed E-state index contributed by atoms with van der Waals surface area (Å²) >= 11 is 4.24. The first-order valence-corrected chi connectivity index (χ1v) is 8.73. The monoisotopic (exact) mass is 378 g/mol. The van der Waals surface area contributed by atoms with Crippen LogP contribution in [0.2, 0.25) is 0 Å². The molecule has 0 heterocycles. The lowest BCUT2D eigenvalue weighted by molar-refractivity contribution is 0.185. The van der Waals surface area contributed by atoms with E-state index in [4.69, 9.17) is 5.73 Å². The van der Waals surface area contributed by atoms with E-state index in [9.17, 15) is 0 Å². The normalized spacial score (nSPS) is 14.8. The second-order valence-electron chi connectivity index (χ2n) is 4.60. The predicted octanol–water partition coefficient (Wildman–Crippen LogP) is 3.36.